The molecule has 0 unspecified atom stereocenters. The highest BCUT2D eigenvalue weighted by atomic mass is 19.1. The molecule has 1 aromatic carbocycles. The minimum absolute atomic E-state index is 0.298. The van der Waals surface area contributed by atoms with Crippen molar-refractivity contribution >= 4 is 11.6 Å². The maximum Gasteiger partial charge on any atom is 0.276 e. The third-order valence-corrected chi connectivity index (χ3v) is 2.82. The largest absolute Gasteiger partial charge is 0.320 e. The summed E-state index contributed by atoms with van der Waals surface area (Å²) in [5.74, 6) is -0.617. The summed E-state index contributed by atoms with van der Waals surface area (Å²) in [6.07, 6.45) is 1.84. The Kier molecular flexibility index (Phi) is 3.94. The van der Waals surface area contributed by atoms with E-state index in [1.807, 2.05) is 0 Å². The van der Waals surface area contributed by atoms with E-state index in [9.17, 15) is 9.18 Å². The molecule has 1 amide bonds. The molecule has 0 aliphatic carbocycles. The van der Waals surface area contributed by atoms with Crippen molar-refractivity contribution < 1.29 is 9.18 Å². The van der Waals surface area contributed by atoms with Gasteiger partial charge in [-0.25, -0.2) is 4.39 Å². The number of hydrogen-bond donors (Lipinski definition) is 2. The number of amides is 1. The summed E-state index contributed by atoms with van der Waals surface area (Å²) < 4.78 is 13.0. The van der Waals surface area contributed by atoms with Crippen molar-refractivity contribution in [1.29, 1.82) is 0 Å². The lowest BCUT2D eigenvalue weighted by Crippen LogP contribution is -2.13. The van der Waals surface area contributed by atoms with Crippen LogP contribution in [0.15, 0.2) is 24.3 Å². The fourth-order valence-electron chi connectivity index (χ4n) is 1.83. The van der Waals surface area contributed by atoms with Gasteiger partial charge in [0.2, 0.25) is 0 Å². The number of anilines is 1. The highest BCUT2D eigenvalue weighted by molar-refractivity contribution is 6.03. The molecule has 0 radical (unpaired) electrons. The first kappa shape index (κ1) is 13.3. The molecular weight excluding hydrogens is 245 g/mol. The number of hydrogen-bond acceptors (Lipinski definition) is 2. The van der Waals surface area contributed by atoms with E-state index in [2.05, 4.69) is 22.4 Å². The number of aryl methyl sites for hydroxylation is 2. The van der Waals surface area contributed by atoms with Crippen molar-refractivity contribution in [1.82, 2.24) is 10.2 Å². The van der Waals surface area contributed by atoms with E-state index in [0.29, 0.717) is 16.9 Å². The summed E-state index contributed by atoms with van der Waals surface area (Å²) in [5, 5.41) is 9.51. The number of aromatic amines is 1. The number of nitrogens with zero attached hydrogens (tertiary/aromatic N) is 1. The molecule has 0 spiro atoms. The van der Waals surface area contributed by atoms with Crippen molar-refractivity contribution in [3.8, 4) is 0 Å². The Morgan fingerprint density at radius 3 is 2.89 bits per heavy atom. The first-order valence-corrected chi connectivity index (χ1v) is 6.22. The van der Waals surface area contributed by atoms with Crippen molar-refractivity contribution in [3.63, 3.8) is 0 Å². The van der Waals surface area contributed by atoms with Crippen LogP contribution in [-0.4, -0.2) is 16.1 Å². The lowest BCUT2D eigenvalue weighted by molar-refractivity contribution is 0.102. The van der Waals surface area contributed by atoms with E-state index < -0.39 is 0 Å². The van der Waals surface area contributed by atoms with E-state index in [0.717, 1.165) is 18.5 Å². The van der Waals surface area contributed by atoms with Gasteiger partial charge in [0.1, 0.15) is 5.82 Å². The second kappa shape index (κ2) is 5.65. The van der Waals surface area contributed by atoms with Crippen LogP contribution in [0.25, 0.3) is 0 Å². The first-order valence-electron chi connectivity index (χ1n) is 6.22. The molecule has 0 bridgehead atoms. The summed E-state index contributed by atoms with van der Waals surface area (Å²) in [5.41, 5.74) is 2.54. The zero-order valence-electron chi connectivity index (χ0n) is 11.0. The lowest BCUT2D eigenvalue weighted by atomic mass is 10.2. The first-order chi connectivity index (χ1) is 9.10. The lowest BCUT2D eigenvalue weighted by Gasteiger charge is -2.06. The van der Waals surface area contributed by atoms with Crippen LogP contribution in [0, 0.1) is 12.7 Å². The number of H-pyrrole nitrogens is 1. The summed E-state index contributed by atoms with van der Waals surface area (Å²) in [4.78, 5) is 12.0. The standard InChI is InChI=1S/C14H16FN3O/c1-3-4-11-8-13(18-17-11)14(19)16-12-6-5-10(15)7-9(12)2/h5-8H,3-4H2,1-2H3,(H,16,19)(H,17,18). The molecule has 100 valence electrons. The average Bonchev–Trinajstić information content (AvgIpc) is 2.82. The number of carbonyl (C=O) groups excluding carboxylic acids is 1. The van der Waals surface area contributed by atoms with E-state index in [4.69, 9.17) is 0 Å². The third-order valence-electron chi connectivity index (χ3n) is 2.82. The number of aromatic nitrogens is 2. The van der Waals surface area contributed by atoms with Gasteiger partial charge in [-0.3, -0.25) is 9.89 Å². The zero-order valence-corrected chi connectivity index (χ0v) is 11.0. The van der Waals surface area contributed by atoms with Crippen LogP contribution >= 0.6 is 0 Å². The third kappa shape index (κ3) is 3.19. The van der Waals surface area contributed by atoms with E-state index in [1.54, 1.807) is 19.1 Å². The van der Waals surface area contributed by atoms with Gasteiger partial charge in [-0.1, -0.05) is 13.3 Å². The van der Waals surface area contributed by atoms with Gasteiger partial charge in [0.15, 0.2) is 5.69 Å². The normalized spacial score (nSPS) is 10.5. The Hall–Kier alpha value is -2.17. The molecule has 5 heteroatoms. The van der Waals surface area contributed by atoms with Crippen LogP contribution in [-0.2, 0) is 6.42 Å². The maximum absolute atomic E-state index is 13.0. The molecule has 0 aliphatic rings. The summed E-state index contributed by atoms with van der Waals surface area (Å²) in [6.45, 7) is 3.80. The molecule has 1 heterocycles. The van der Waals surface area contributed by atoms with E-state index in [1.165, 1.54) is 12.1 Å². The zero-order chi connectivity index (χ0) is 13.8. The number of rotatable bonds is 4. The Morgan fingerprint density at radius 2 is 2.21 bits per heavy atom. The van der Waals surface area contributed by atoms with Crippen molar-refractivity contribution in [2.45, 2.75) is 26.7 Å². The van der Waals surface area contributed by atoms with Crippen LogP contribution in [0.2, 0.25) is 0 Å². The number of halogens is 1. The fraction of sp³-hybridized carbons (Fsp3) is 0.286. The highest BCUT2D eigenvalue weighted by Crippen LogP contribution is 2.16. The average molecular weight is 261 g/mol. The van der Waals surface area contributed by atoms with E-state index >= 15 is 0 Å². The van der Waals surface area contributed by atoms with Gasteiger partial charge in [-0.2, -0.15) is 5.10 Å². The molecule has 0 fully saturated rings. The van der Waals surface area contributed by atoms with Gasteiger partial charge >= 0.3 is 0 Å². The monoisotopic (exact) mass is 261 g/mol. The number of nitrogens with one attached hydrogen (secondary N) is 2. The molecular formula is C14H16FN3O. The molecule has 0 atom stereocenters. The summed E-state index contributed by atoms with van der Waals surface area (Å²) in [6, 6.07) is 5.97. The summed E-state index contributed by atoms with van der Waals surface area (Å²) in [7, 11) is 0. The second-order valence-corrected chi connectivity index (χ2v) is 4.44. The van der Waals surface area contributed by atoms with Crippen LogP contribution in [0.1, 0.15) is 35.1 Å². The van der Waals surface area contributed by atoms with Crippen molar-refractivity contribution in [2.75, 3.05) is 5.32 Å². The SMILES string of the molecule is CCCc1cc(C(=O)Nc2ccc(F)cc2C)n[nH]1. The van der Waals surface area contributed by atoms with Crippen LogP contribution in [0.3, 0.4) is 0 Å². The molecule has 0 saturated carbocycles. The Labute approximate surface area is 111 Å². The smallest absolute Gasteiger partial charge is 0.276 e. The molecule has 19 heavy (non-hydrogen) atoms. The van der Waals surface area contributed by atoms with E-state index in [-0.39, 0.29) is 11.7 Å². The predicted molar refractivity (Wildman–Crippen MR) is 71.7 cm³/mol. The Bertz CT molecular complexity index is 592. The predicted octanol–water partition coefficient (Wildman–Crippen LogP) is 3.06. The van der Waals surface area contributed by atoms with Gasteiger partial charge in [0.05, 0.1) is 0 Å². The quantitative estimate of drug-likeness (QED) is 0.888. The molecule has 1 aromatic heterocycles. The highest BCUT2D eigenvalue weighted by Gasteiger charge is 2.11. The Balaban J connectivity index is 2.11. The number of carbonyl (C=O) groups is 1. The molecule has 2 rings (SSSR count). The minimum atomic E-state index is -0.319. The summed E-state index contributed by atoms with van der Waals surface area (Å²) >= 11 is 0. The van der Waals surface area contributed by atoms with Crippen LogP contribution in [0.4, 0.5) is 10.1 Å². The topological polar surface area (TPSA) is 57.8 Å². The van der Waals surface area contributed by atoms with Gasteiger partial charge < -0.3 is 5.32 Å². The van der Waals surface area contributed by atoms with Crippen molar-refractivity contribution in [2.24, 2.45) is 0 Å². The maximum atomic E-state index is 13.0. The minimum Gasteiger partial charge on any atom is -0.320 e. The van der Waals surface area contributed by atoms with Crippen LogP contribution < -0.4 is 5.32 Å². The van der Waals surface area contributed by atoms with Crippen LogP contribution in [0.5, 0.6) is 0 Å². The molecule has 0 aliphatic heterocycles. The fourth-order valence-corrected chi connectivity index (χ4v) is 1.83. The van der Waals surface area contributed by atoms with Gasteiger partial charge in [0, 0.05) is 11.4 Å². The second-order valence-electron chi connectivity index (χ2n) is 4.44. The van der Waals surface area contributed by atoms with Crippen molar-refractivity contribution in [3.05, 3.63) is 47.0 Å². The number of benzene rings is 1. The molecule has 2 aromatic rings. The van der Waals surface area contributed by atoms with Gasteiger partial charge in [-0.15, -0.1) is 0 Å². The molecule has 2 N–H and O–H groups in total. The molecule has 0 saturated heterocycles. The van der Waals surface area contributed by atoms with Gasteiger partial charge in [0.25, 0.3) is 5.91 Å². The molecule has 4 nitrogen and oxygen atoms in total. The Morgan fingerprint density at radius 1 is 1.42 bits per heavy atom. The van der Waals surface area contributed by atoms with Gasteiger partial charge in [-0.05, 0) is 43.2 Å².